The molecule has 1 aliphatic heterocycles. The molecule has 0 saturated carbocycles. The van der Waals surface area contributed by atoms with Gasteiger partial charge in [0.25, 0.3) is 0 Å². The molecule has 24 heavy (non-hydrogen) atoms. The maximum Gasteiger partial charge on any atom is 0.316 e. The van der Waals surface area contributed by atoms with E-state index >= 15 is 0 Å². The van der Waals surface area contributed by atoms with Crippen LogP contribution in [0.25, 0.3) is 11.1 Å². The smallest absolute Gasteiger partial charge is 0.316 e. The van der Waals surface area contributed by atoms with E-state index in [1.54, 1.807) is 0 Å². The summed E-state index contributed by atoms with van der Waals surface area (Å²) in [7, 11) is 0. The van der Waals surface area contributed by atoms with Crippen molar-refractivity contribution in [1.82, 2.24) is 0 Å². The van der Waals surface area contributed by atoms with Gasteiger partial charge in [0.15, 0.2) is 6.79 Å². The second kappa shape index (κ2) is 7.16. The molecule has 1 heterocycles. The van der Waals surface area contributed by atoms with E-state index in [4.69, 9.17) is 15.2 Å². The summed E-state index contributed by atoms with van der Waals surface area (Å²) in [6, 6.07) is 18.6. The lowest BCUT2D eigenvalue weighted by Gasteiger charge is -2.33. The lowest BCUT2D eigenvalue weighted by Crippen LogP contribution is -2.44. The van der Waals surface area contributed by atoms with E-state index in [0.717, 1.165) is 12.0 Å². The van der Waals surface area contributed by atoms with Crippen LogP contribution in [0.5, 0.6) is 0 Å². The Morgan fingerprint density at radius 2 is 1.75 bits per heavy atom. The Morgan fingerprint density at radius 3 is 2.42 bits per heavy atom. The van der Waals surface area contributed by atoms with Crippen LogP contribution < -0.4 is 5.73 Å². The Hall–Kier alpha value is -2.17. The number of hydrogen-bond acceptors (Lipinski definition) is 4. The number of cyclic esters (lactones) is 1. The van der Waals surface area contributed by atoms with Gasteiger partial charge in [0, 0.05) is 6.04 Å². The van der Waals surface area contributed by atoms with Crippen molar-refractivity contribution in [1.29, 1.82) is 0 Å². The van der Waals surface area contributed by atoms with Crippen molar-refractivity contribution >= 4 is 5.97 Å². The molecule has 4 heteroatoms. The highest BCUT2D eigenvalue weighted by Gasteiger charge is 2.39. The minimum absolute atomic E-state index is 0.0462. The zero-order valence-electron chi connectivity index (χ0n) is 13.9. The molecule has 0 aliphatic carbocycles. The third-order valence-corrected chi connectivity index (χ3v) is 4.46. The number of hydrogen-bond donors (Lipinski definition) is 1. The molecule has 0 bridgehead atoms. The Balaban J connectivity index is 1.62. The highest BCUT2D eigenvalue weighted by atomic mass is 16.7. The molecule has 1 saturated heterocycles. The van der Waals surface area contributed by atoms with Crippen LogP contribution in [0.15, 0.2) is 54.6 Å². The summed E-state index contributed by atoms with van der Waals surface area (Å²) in [5, 5.41) is 0. The molecule has 4 nitrogen and oxygen atoms in total. The van der Waals surface area contributed by atoms with Crippen molar-refractivity contribution in [3.8, 4) is 11.1 Å². The molecule has 2 aromatic rings. The molecular weight excluding hydrogens is 302 g/mol. The topological polar surface area (TPSA) is 61.6 Å². The lowest BCUT2D eigenvalue weighted by atomic mass is 9.82. The first-order valence-electron chi connectivity index (χ1n) is 8.22. The summed E-state index contributed by atoms with van der Waals surface area (Å²) >= 11 is 0. The van der Waals surface area contributed by atoms with Crippen molar-refractivity contribution in [2.45, 2.75) is 25.8 Å². The molecule has 0 spiro atoms. The van der Waals surface area contributed by atoms with Crippen molar-refractivity contribution in [2.75, 3.05) is 13.4 Å². The van der Waals surface area contributed by atoms with Crippen molar-refractivity contribution in [3.05, 3.63) is 60.2 Å². The largest absolute Gasteiger partial charge is 0.438 e. The Labute approximate surface area is 142 Å². The second-order valence-corrected chi connectivity index (χ2v) is 6.69. The van der Waals surface area contributed by atoms with Crippen LogP contribution in [0.1, 0.15) is 18.9 Å². The zero-order valence-corrected chi connectivity index (χ0v) is 13.9. The van der Waals surface area contributed by atoms with Gasteiger partial charge in [0.05, 0.1) is 12.0 Å². The van der Waals surface area contributed by atoms with Gasteiger partial charge in [-0.05, 0) is 36.5 Å². The average Bonchev–Trinajstić information content (AvgIpc) is 2.59. The van der Waals surface area contributed by atoms with Crippen LogP contribution >= 0.6 is 0 Å². The van der Waals surface area contributed by atoms with Gasteiger partial charge in [-0.1, -0.05) is 54.6 Å². The summed E-state index contributed by atoms with van der Waals surface area (Å²) in [6.45, 7) is 2.27. The molecular formula is C20H23NO3. The van der Waals surface area contributed by atoms with Crippen molar-refractivity contribution in [2.24, 2.45) is 11.1 Å². The van der Waals surface area contributed by atoms with Gasteiger partial charge in [-0.15, -0.1) is 0 Å². The first kappa shape index (κ1) is 16.7. The van der Waals surface area contributed by atoms with E-state index in [1.165, 1.54) is 11.1 Å². The molecule has 2 atom stereocenters. The number of benzene rings is 2. The Morgan fingerprint density at radius 1 is 1.08 bits per heavy atom. The number of ether oxygens (including phenoxy) is 2. The van der Waals surface area contributed by atoms with E-state index < -0.39 is 5.41 Å². The molecule has 0 radical (unpaired) electrons. The number of carbonyl (C=O) groups excluding carboxylic acids is 1. The second-order valence-electron chi connectivity index (χ2n) is 6.69. The summed E-state index contributed by atoms with van der Waals surface area (Å²) in [5.41, 5.74) is 9.16. The SMILES string of the molecule is C[C@]1(C[C@H](N)Cc2ccc(-c3ccccc3)cc2)COCOC1=O. The van der Waals surface area contributed by atoms with Gasteiger partial charge in [0.2, 0.25) is 0 Å². The highest BCUT2D eigenvalue weighted by Crippen LogP contribution is 2.29. The van der Waals surface area contributed by atoms with E-state index in [1.807, 2.05) is 25.1 Å². The number of nitrogens with two attached hydrogens (primary N) is 1. The van der Waals surface area contributed by atoms with Crippen LogP contribution in [0, 0.1) is 5.41 Å². The predicted molar refractivity (Wildman–Crippen MR) is 93.2 cm³/mol. The quantitative estimate of drug-likeness (QED) is 0.858. The number of rotatable bonds is 5. The van der Waals surface area contributed by atoms with Crippen LogP contribution in [0.3, 0.4) is 0 Å². The van der Waals surface area contributed by atoms with Gasteiger partial charge in [-0.25, -0.2) is 0 Å². The summed E-state index contributed by atoms with van der Waals surface area (Å²) in [5.74, 6) is -0.219. The Bertz CT molecular complexity index is 684. The van der Waals surface area contributed by atoms with Crippen LogP contribution in [-0.2, 0) is 20.7 Å². The van der Waals surface area contributed by atoms with Crippen LogP contribution in [0.2, 0.25) is 0 Å². The van der Waals surface area contributed by atoms with Crippen molar-refractivity contribution in [3.63, 3.8) is 0 Å². The van der Waals surface area contributed by atoms with Gasteiger partial charge in [-0.2, -0.15) is 0 Å². The third kappa shape index (κ3) is 3.83. The fourth-order valence-electron chi connectivity index (χ4n) is 3.16. The molecule has 1 aliphatic rings. The minimum Gasteiger partial charge on any atom is -0.438 e. The molecule has 2 aromatic carbocycles. The molecule has 126 valence electrons. The third-order valence-electron chi connectivity index (χ3n) is 4.46. The Kier molecular flexibility index (Phi) is 4.97. The zero-order chi connectivity index (χ0) is 17.0. The monoisotopic (exact) mass is 325 g/mol. The molecule has 2 N–H and O–H groups in total. The van der Waals surface area contributed by atoms with Gasteiger partial charge in [0.1, 0.15) is 0 Å². The molecule has 0 amide bonds. The van der Waals surface area contributed by atoms with Gasteiger partial charge < -0.3 is 15.2 Å². The van der Waals surface area contributed by atoms with E-state index in [9.17, 15) is 4.79 Å². The maximum atomic E-state index is 11.9. The lowest BCUT2D eigenvalue weighted by molar-refractivity contribution is -0.193. The number of esters is 1. The van der Waals surface area contributed by atoms with Gasteiger partial charge >= 0.3 is 5.97 Å². The van der Waals surface area contributed by atoms with E-state index in [0.29, 0.717) is 13.0 Å². The van der Waals surface area contributed by atoms with E-state index in [-0.39, 0.29) is 18.8 Å². The van der Waals surface area contributed by atoms with E-state index in [2.05, 4.69) is 36.4 Å². The average molecular weight is 325 g/mol. The molecule has 0 unspecified atom stereocenters. The molecule has 0 aromatic heterocycles. The maximum absolute atomic E-state index is 11.9. The predicted octanol–water partition coefficient (Wildman–Crippen LogP) is 3.15. The normalized spacial score (nSPS) is 22.0. The summed E-state index contributed by atoms with van der Waals surface area (Å²) in [6.07, 6.45) is 1.27. The van der Waals surface area contributed by atoms with Crippen LogP contribution in [-0.4, -0.2) is 25.4 Å². The fraction of sp³-hybridized carbons (Fsp3) is 0.350. The summed E-state index contributed by atoms with van der Waals surface area (Å²) in [4.78, 5) is 11.9. The standard InChI is InChI=1S/C20H23NO3/c1-20(13-23-14-24-19(20)22)12-18(21)11-15-7-9-17(10-8-15)16-5-3-2-4-6-16/h2-10,18H,11-14,21H2,1H3/t18-,20+/m1/s1. The molecule has 1 fully saturated rings. The minimum atomic E-state index is -0.651. The van der Waals surface area contributed by atoms with Crippen LogP contribution in [0.4, 0.5) is 0 Å². The van der Waals surface area contributed by atoms with Gasteiger partial charge in [-0.3, -0.25) is 4.79 Å². The van der Waals surface area contributed by atoms with Crippen molar-refractivity contribution < 1.29 is 14.3 Å². The highest BCUT2D eigenvalue weighted by molar-refractivity contribution is 5.77. The first-order chi connectivity index (χ1) is 11.6. The fourth-order valence-corrected chi connectivity index (χ4v) is 3.16. The summed E-state index contributed by atoms with van der Waals surface area (Å²) < 4.78 is 10.3. The number of carbonyl (C=O) groups is 1. The first-order valence-corrected chi connectivity index (χ1v) is 8.22. The molecule has 3 rings (SSSR count).